The average molecular weight is 472 g/mol. The van der Waals surface area contributed by atoms with Gasteiger partial charge in [0.25, 0.3) is 5.91 Å². The third-order valence-electron chi connectivity index (χ3n) is 5.23. The maximum absolute atomic E-state index is 13.3. The van der Waals surface area contributed by atoms with Gasteiger partial charge in [-0.2, -0.15) is 9.40 Å². The molecule has 1 N–H and O–H groups in total. The fraction of sp³-hybridized carbons (Fsp3) is 0.348. The summed E-state index contributed by atoms with van der Waals surface area (Å²) in [5.74, 6) is 0.512. The van der Waals surface area contributed by atoms with Crippen LogP contribution in [0.15, 0.2) is 53.7 Å². The SMILES string of the molecule is CCN(CC)S(=O)(=O)c1ccc(OC)c(NC(=O)c2cnn(-c3ccccn3)c2C(C)C)c1. The first-order chi connectivity index (χ1) is 15.7. The smallest absolute Gasteiger partial charge is 0.259 e. The second-order valence-corrected chi connectivity index (χ2v) is 9.54. The predicted molar refractivity (Wildman–Crippen MR) is 127 cm³/mol. The van der Waals surface area contributed by atoms with E-state index >= 15 is 0 Å². The second kappa shape index (κ2) is 10.1. The molecule has 176 valence electrons. The summed E-state index contributed by atoms with van der Waals surface area (Å²) < 4.78 is 34.3. The highest BCUT2D eigenvalue weighted by Crippen LogP contribution is 2.30. The molecule has 0 bridgehead atoms. The van der Waals surface area contributed by atoms with Crippen molar-refractivity contribution in [2.75, 3.05) is 25.5 Å². The number of hydrogen-bond acceptors (Lipinski definition) is 6. The van der Waals surface area contributed by atoms with Gasteiger partial charge in [-0.15, -0.1) is 0 Å². The summed E-state index contributed by atoms with van der Waals surface area (Å²) >= 11 is 0. The van der Waals surface area contributed by atoms with Crippen molar-refractivity contribution < 1.29 is 17.9 Å². The van der Waals surface area contributed by atoms with Crippen LogP contribution in [0.25, 0.3) is 5.82 Å². The Morgan fingerprint density at radius 3 is 2.48 bits per heavy atom. The van der Waals surface area contributed by atoms with E-state index < -0.39 is 15.9 Å². The van der Waals surface area contributed by atoms with Crippen molar-refractivity contribution in [3.8, 4) is 11.6 Å². The summed E-state index contributed by atoms with van der Waals surface area (Å²) in [6.07, 6.45) is 3.15. The molecule has 0 unspecified atom stereocenters. The van der Waals surface area contributed by atoms with Crippen molar-refractivity contribution in [2.45, 2.75) is 38.5 Å². The first kappa shape index (κ1) is 24.4. The number of sulfonamides is 1. The minimum atomic E-state index is -3.70. The van der Waals surface area contributed by atoms with Crippen LogP contribution in [0.5, 0.6) is 5.75 Å². The highest BCUT2D eigenvalue weighted by molar-refractivity contribution is 7.89. The monoisotopic (exact) mass is 471 g/mol. The van der Waals surface area contributed by atoms with Crippen molar-refractivity contribution in [1.29, 1.82) is 0 Å². The molecule has 0 radical (unpaired) electrons. The molecule has 1 amide bonds. The number of benzene rings is 1. The minimum absolute atomic E-state index is 0.0217. The molecule has 0 fully saturated rings. The van der Waals surface area contributed by atoms with E-state index in [-0.39, 0.29) is 16.5 Å². The molecule has 0 saturated heterocycles. The fourth-order valence-corrected chi connectivity index (χ4v) is 5.08. The Balaban J connectivity index is 2.01. The molecule has 3 rings (SSSR count). The van der Waals surface area contributed by atoms with Crippen molar-refractivity contribution in [3.05, 3.63) is 60.0 Å². The zero-order chi connectivity index (χ0) is 24.2. The van der Waals surface area contributed by atoms with Gasteiger partial charge in [0.2, 0.25) is 10.0 Å². The number of pyridine rings is 1. The highest BCUT2D eigenvalue weighted by atomic mass is 32.2. The summed E-state index contributed by atoms with van der Waals surface area (Å²) in [6.45, 7) is 8.17. The maximum Gasteiger partial charge on any atom is 0.259 e. The Kier molecular flexibility index (Phi) is 7.50. The lowest BCUT2D eigenvalue weighted by Crippen LogP contribution is -2.30. The van der Waals surface area contributed by atoms with E-state index in [2.05, 4.69) is 15.4 Å². The molecule has 0 spiro atoms. The quantitative estimate of drug-likeness (QED) is 0.510. The zero-order valence-electron chi connectivity index (χ0n) is 19.4. The normalized spacial score (nSPS) is 11.7. The highest BCUT2D eigenvalue weighted by Gasteiger charge is 2.25. The summed E-state index contributed by atoms with van der Waals surface area (Å²) in [7, 11) is -2.24. The van der Waals surface area contributed by atoms with Gasteiger partial charge in [-0.3, -0.25) is 4.79 Å². The van der Waals surface area contributed by atoms with E-state index in [9.17, 15) is 13.2 Å². The first-order valence-corrected chi connectivity index (χ1v) is 12.2. The maximum atomic E-state index is 13.3. The molecule has 3 aromatic rings. The molecule has 10 heteroatoms. The number of anilines is 1. The van der Waals surface area contributed by atoms with Gasteiger partial charge < -0.3 is 10.1 Å². The van der Waals surface area contributed by atoms with Gasteiger partial charge in [0, 0.05) is 19.3 Å². The van der Waals surface area contributed by atoms with Gasteiger partial charge >= 0.3 is 0 Å². The fourth-order valence-electron chi connectivity index (χ4n) is 3.60. The van der Waals surface area contributed by atoms with Gasteiger partial charge in [-0.05, 0) is 36.2 Å². The van der Waals surface area contributed by atoms with Crippen LogP contribution < -0.4 is 10.1 Å². The number of ether oxygens (including phenoxy) is 1. The molecular formula is C23H29N5O4S. The molecule has 9 nitrogen and oxygen atoms in total. The summed E-state index contributed by atoms with van der Waals surface area (Å²) in [5, 5.41) is 7.18. The van der Waals surface area contributed by atoms with Crippen molar-refractivity contribution in [1.82, 2.24) is 19.1 Å². The van der Waals surface area contributed by atoms with Crippen LogP contribution in [0.4, 0.5) is 5.69 Å². The third-order valence-corrected chi connectivity index (χ3v) is 7.27. The lowest BCUT2D eigenvalue weighted by atomic mass is 10.1. The summed E-state index contributed by atoms with van der Waals surface area (Å²) in [6, 6.07) is 9.89. The van der Waals surface area contributed by atoms with E-state index in [4.69, 9.17) is 4.74 Å². The van der Waals surface area contributed by atoms with Crippen LogP contribution in [-0.4, -0.2) is 53.6 Å². The number of nitrogens with one attached hydrogen (secondary N) is 1. The van der Waals surface area contributed by atoms with Gasteiger partial charge in [0.15, 0.2) is 5.82 Å². The third kappa shape index (κ3) is 4.91. The molecule has 0 aliphatic carbocycles. The molecule has 0 atom stereocenters. The predicted octanol–water partition coefficient (Wildman–Crippen LogP) is 3.68. The lowest BCUT2D eigenvalue weighted by Gasteiger charge is -2.20. The molecule has 0 saturated carbocycles. The molecule has 0 aliphatic rings. The second-order valence-electron chi connectivity index (χ2n) is 7.60. The van der Waals surface area contributed by atoms with Crippen molar-refractivity contribution in [3.63, 3.8) is 0 Å². The van der Waals surface area contributed by atoms with Crippen LogP contribution >= 0.6 is 0 Å². The van der Waals surface area contributed by atoms with Gasteiger partial charge in [0.1, 0.15) is 5.75 Å². The van der Waals surface area contributed by atoms with E-state index in [1.807, 2.05) is 26.0 Å². The molecule has 1 aromatic carbocycles. The molecule has 0 aliphatic heterocycles. The van der Waals surface area contributed by atoms with Gasteiger partial charge in [-0.25, -0.2) is 18.1 Å². The van der Waals surface area contributed by atoms with Crippen LogP contribution in [-0.2, 0) is 10.0 Å². The topological polar surface area (TPSA) is 106 Å². The molecule has 2 aromatic heterocycles. The van der Waals surface area contributed by atoms with E-state index in [0.717, 1.165) is 0 Å². The number of aromatic nitrogens is 3. The number of methoxy groups -OCH3 is 1. The number of amides is 1. The number of nitrogens with zero attached hydrogens (tertiary/aromatic N) is 4. The Bertz CT molecular complexity index is 1220. The lowest BCUT2D eigenvalue weighted by molar-refractivity contribution is 0.102. The van der Waals surface area contributed by atoms with Crippen LogP contribution in [0, 0.1) is 0 Å². The van der Waals surface area contributed by atoms with Gasteiger partial charge in [-0.1, -0.05) is 33.8 Å². The Morgan fingerprint density at radius 1 is 1.18 bits per heavy atom. The van der Waals surface area contributed by atoms with Gasteiger partial charge in [0.05, 0.1) is 35.1 Å². The Labute approximate surface area is 194 Å². The number of carbonyl (C=O) groups excluding carboxylic acids is 1. The Hall–Kier alpha value is -3.24. The number of rotatable bonds is 9. The zero-order valence-corrected chi connectivity index (χ0v) is 20.3. The number of carbonyl (C=O) groups is 1. The van der Waals surface area contributed by atoms with Crippen LogP contribution in [0.1, 0.15) is 49.7 Å². The van der Waals surface area contributed by atoms with Crippen LogP contribution in [0.2, 0.25) is 0 Å². The molecule has 33 heavy (non-hydrogen) atoms. The minimum Gasteiger partial charge on any atom is -0.495 e. The summed E-state index contributed by atoms with van der Waals surface area (Å²) in [4.78, 5) is 17.7. The average Bonchev–Trinajstić information content (AvgIpc) is 3.26. The number of hydrogen-bond donors (Lipinski definition) is 1. The molecular weight excluding hydrogens is 442 g/mol. The summed E-state index contributed by atoms with van der Waals surface area (Å²) in [5.41, 5.74) is 1.32. The van der Waals surface area contributed by atoms with E-state index in [1.54, 1.807) is 30.8 Å². The van der Waals surface area contributed by atoms with Crippen LogP contribution in [0.3, 0.4) is 0 Å². The molecule has 2 heterocycles. The first-order valence-electron chi connectivity index (χ1n) is 10.7. The van der Waals surface area contributed by atoms with Crippen molar-refractivity contribution in [2.24, 2.45) is 0 Å². The Morgan fingerprint density at radius 2 is 1.91 bits per heavy atom. The van der Waals surface area contributed by atoms with E-state index in [1.165, 1.54) is 35.8 Å². The standard InChI is InChI=1S/C23H29N5O4S/c1-6-27(7-2)33(30,31)17-11-12-20(32-5)19(14-17)26-23(29)18-15-25-28(22(18)16(3)4)21-10-8-9-13-24-21/h8-16H,6-7H2,1-5H3,(H,26,29). The van der Waals surface area contributed by atoms with E-state index in [0.29, 0.717) is 35.9 Å². The van der Waals surface area contributed by atoms with Crippen molar-refractivity contribution >= 4 is 21.6 Å². The largest absolute Gasteiger partial charge is 0.495 e.